The fourth-order valence-corrected chi connectivity index (χ4v) is 3.82. The third-order valence-electron chi connectivity index (χ3n) is 3.87. The number of thioether (sulfide) groups is 1. The molecule has 7 nitrogen and oxygen atoms in total. The number of benzene rings is 1. The van der Waals surface area contributed by atoms with Gasteiger partial charge in [-0.3, -0.25) is 14.6 Å². The number of aromatic amines is 1. The topological polar surface area (TPSA) is 99.8 Å². The molecular formula is C16H19N3O4S. The lowest BCUT2D eigenvalue weighted by molar-refractivity contribution is 0.350. The Bertz CT molecular complexity index is 882. The number of ether oxygens (including phenoxy) is 1. The number of aliphatic imine (C=N–C) groups is 1. The first kappa shape index (κ1) is 16.5. The van der Waals surface area contributed by atoms with Gasteiger partial charge in [0.2, 0.25) is 5.75 Å². The molecule has 3 rings (SSSR count). The fourth-order valence-electron chi connectivity index (χ4n) is 2.74. The third kappa shape index (κ3) is 2.56. The molecule has 1 aliphatic heterocycles. The van der Waals surface area contributed by atoms with Gasteiger partial charge in [0.15, 0.2) is 17.3 Å². The molecule has 0 aliphatic carbocycles. The van der Waals surface area contributed by atoms with Crippen LogP contribution in [0.25, 0.3) is 0 Å². The average Bonchev–Trinajstić information content (AvgIpc) is 2.86. The first-order valence-corrected chi connectivity index (χ1v) is 8.37. The van der Waals surface area contributed by atoms with Crippen molar-refractivity contribution < 1.29 is 14.9 Å². The Labute approximate surface area is 143 Å². The number of phenols is 2. The quantitative estimate of drug-likeness (QED) is 0.740. The van der Waals surface area contributed by atoms with Crippen LogP contribution in [0, 0.1) is 0 Å². The van der Waals surface area contributed by atoms with Gasteiger partial charge < -0.3 is 14.9 Å². The number of hydrogen-bond donors (Lipinski definition) is 3. The number of H-pyrrole nitrogens is 1. The molecule has 3 N–H and O–H groups in total. The van der Waals surface area contributed by atoms with E-state index in [1.165, 1.54) is 24.9 Å². The van der Waals surface area contributed by atoms with Crippen LogP contribution >= 0.6 is 11.8 Å². The predicted octanol–water partition coefficient (Wildman–Crippen LogP) is 3.06. The van der Waals surface area contributed by atoms with E-state index in [4.69, 9.17) is 4.74 Å². The van der Waals surface area contributed by atoms with E-state index in [9.17, 15) is 15.0 Å². The monoisotopic (exact) mass is 349 g/mol. The number of phenolic OH excluding ortho intramolecular Hbond substituents is 2. The molecule has 8 heteroatoms. The van der Waals surface area contributed by atoms with Crippen LogP contribution in [0.4, 0.5) is 5.82 Å². The maximum Gasteiger partial charge on any atom is 0.271 e. The Morgan fingerprint density at radius 1 is 1.38 bits per heavy atom. The number of aromatic nitrogens is 2. The predicted molar refractivity (Wildman–Crippen MR) is 94.0 cm³/mol. The van der Waals surface area contributed by atoms with Crippen molar-refractivity contribution in [3.8, 4) is 17.2 Å². The van der Waals surface area contributed by atoms with Gasteiger partial charge in [-0.2, -0.15) is 0 Å². The first-order valence-electron chi connectivity index (χ1n) is 7.49. The summed E-state index contributed by atoms with van der Waals surface area (Å²) in [6, 6.07) is 3.13. The van der Waals surface area contributed by atoms with E-state index >= 15 is 0 Å². The molecule has 1 aromatic heterocycles. The summed E-state index contributed by atoms with van der Waals surface area (Å²) in [5.41, 5.74) is 0.986. The molecule has 0 spiro atoms. The highest BCUT2D eigenvalue weighted by Crippen LogP contribution is 2.47. The van der Waals surface area contributed by atoms with E-state index in [0.717, 1.165) is 5.04 Å². The van der Waals surface area contributed by atoms with Crippen molar-refractivity contribution in [1.82, 2.24) is 9.78 Å². The molecule has 128 valence electrons. The van der Waals surface area contributed by atoms with E-state index in [2.05, 4.69) is 10.1 Å². The van der Waals surface area contributed by atoms with Gasteiger partial charge in [0.25, 0.3) is 5.56 Å². The SMILES string of the molecule is COc1cc([C@H]2SC(C)=Nc3c2c(=O)[nH]n3C(C)C)cc(O)c1O. The Morgan fingerprint density at radius 2 is 2.08 bits per heavy atom. The molecule has 2 aromatic rings. The lowest BCUT2D eigenvalue weighted by atomic mass is 10.0. The second-order valence-corrected chi connectivity index (χ2v) is 7.16. The lowest BCUT2D eigenvalue weighted by Gasteiger charge is -2.22. The van der Waals surface area contributed by atoms with Gasteiger partial charge in [0.05, 0.1) is 23.0 Å². The number of aromatic hydroxyl groups is 2. The van der Waals surface area contributed by atoms with Crippen LogP contribution in [0.2, 0.25) is 0 Å². The normalized spacial score (nSPS) is 16.9. The van der Waals surface area contributed by atoms with Crippen LogP contribution in [-0.2, 0) is 0 Å². The molecular weight excluding hydrogens is 330 g/mol. The molecule has 0 radical (unpaired) electrons. The number of methoxy groups -OCH3 is 1. The van der Waals surface area contributed by atoms with Crippen molar-refractivity contribution in [3.63, 3.8) is 0 Å². The maximum absolute atomic E-state index is 12.5. The highest BCUT2D eigenvalue weighted by atomic mass is 32.2. The summed E-state index contributed by atoms with van der Waals surface area (Å²) >= 11 is 1.42. The first-order chi connectivity index (χ1) is 11.3. The molecule has 0 fully saturated rings. The third-order valence-corrected chi connectivity index (χ3v) is 5.04. The second kappa shape index (κ2) is 5.94. The van der Waals surface area contributed by atoms with Crippen LogP contribution in [0.1, 0.15) is 43.2 Å². The van der Waals surface area contributed by atoms with Crippen LogP contribution in [-0.4, -0.2) is 32.1 Å². The highest BCUT2D eigenvalue weighted by Gasteiger charge is 2.31. The minimum atomic E-state index is -0.346. The van der Waals surface area contributed by atoms with Crippen molar-refractivity contribution in [2.45, 2.75) is 32.1 Å². The molecule has 1 aliphatic rings. The average molecular weight is 349 g/mol. The van der Waals surface area contributed by atoms with Gasteiger partial charge in [-0.15, -0.1) is 0 Å². The zero-order valence-electron chi connectivity index (χ0n) is 13.8. The van der Waals surface area contributed by atoms with E-state index in [1.807, 2.05) is 20.8 Å². The molecule has 24 heavy (non-hydrogen) atoms. The number of rotatable bonds is 3. The van der Waals surface area contributed by atoms with Gasteiger partial charge in [-0.1, -0.05) is 11.8 Å². The van der Waals surface area contributed by atoms with E-state index < -0.39 is 0 Å². The van der Waals surface area contributed by atoms with Crippen molar-refractivity contribution in [1.29, 1.82) is 0 Å². The highest BCUT2D eigenvalue weighted by molar-refractivity contribution is 8.14. The van der Waals surface area contributed by atoms with Crippen molar-refractivity contribution in [2.24, 2.45) is 4.99 Å². The molecule has 0 unspecified atom stereocenters. The smallest absolute Gasteiger partial charge is 0.271 e. The lowest BCUT2D eigenvalue weighted by Crippen LogP contribution is -2.13. The molecule has 0 saturated carbocycles. The molecule has 1 aromatic carbocycles. The summed E-state index contributed by atoms with van der Waals surface area (Å²) in [4.78, 5) is 17.0. The van der Waals surface area contributed by atoms with Gasteiger partial charge in [0, 0.05) is 6.04 Å². The minimum absolute atomic E-state index is 0.0597. The molecule has 0 bridgehead atoms. The Balaban J connectivity index is 2.21. The summed E-state index contributed by atoms with van der Waals surface area (Å²) in [7, 11) is 1.41. The van der Waals surface area contributed by atoms with Gasteiger partial charge >= 0.3 is 0 Å². The zero-order valence-corrected chi connectivity index (χ0v) is 14.6. The summed E-state index contributed by atoms with van der Waals surface area (Å²) in [5.74, 6) is 0.155. The Hall–Kier alpha value is -2.35. The molecule has 0 saturated heterocycles. The van der Waals surface area contributed by atoms with Crippen molar-refractivity contribution in [2.75, 3.05) is 7.11 Å². The van der Waals surface area contributed by atoms with Crippen LogP contribution in [0.3, 0.4) is 0 Å². The molecule has 2 heterocycles. The second-order valence-electron chi connectivity index (χ2n) is 5.86. The van der Waals surface area contributed by atoms with Gasteiger partial charge in [0.1, 0.15) is 0 Å². The molecule has 1 atom stereocenters. The summed E-state index contributed by atoms with van der Waals surface area (Å²) in [6.45, 7) is 5.81. The van der Waals surface area contributed by atoms with Crippen molar-refractivity contribution >= 4 is 22.6 Å². The van der Waals surface area contributed by atoms with Crippen LogP contribution in [0.5, 0.6) is 17.2 Å². The van der Waals surface area contributed by atoms with Crippen LogP contribution < -0.4 is 10.3 Å². The van der Waals surface area contributed by atoms with Gasteiger partial charge in [-0.05, 0) is 38.5 Å². The zero-order chi connectivity index (χ0) is 17.6. The largest absolute Gasteiger partial charge is 0.504 e. The number of fused-ring (bicyclic) bond motifs is 1. The Kier molecular flexibility index (Phi) is 4.08. The number of hydrogen-bond acceptors (Lipinski definition) is 6. The van der Waals surface area contributed by atoms with E-state index in [0.29, 0.717) is 16.9 Å². The maximum atomic E-state index is 12.5. The Morgan fingerprint density at radius 3 is 2.71 bits per heavy atom. The van der Waals surface area contributed by atoms with E-state index in [-0.39, 0.29) is 34.1 Å². The standard InChI is InChI=1S/C16H19N3O4S/c1-7(2)19-15-12(16(22)18-19)14(24-8(3)17-15)9-5-10(20)13(21)11(6-9)23-4/h5-7,14,20-21H,1-4H3,(H,18,22)/t14-/m1/s1. The number of nitrogens with zero attached hydrogens (tertiary/aromatic N) is 2. The summed E-state index contributed by atoms with van der Waals surface area (Å²) in [5, 5.41) is 23.1. The van der Waals surface area contributed by atoms with Crippen LogP contribution in [0.15, 0.2) is 21.9 Å². The number of nitrogens with one attached hydrogen (secondary N) is 1. The summed E-state index contributed by atoms with van der Waals surface area (Å²) in [6.07, 6.45) is 0. The van der Waals surface area contributed by atoms with E-state index in [1.54, 1.807) is 10.7 Å². The fraction of sp³-hybridized carbons (Fsp3) is 0.375. The minimum Gasteiger partial charge on any atom is -0.504 e. The molecule has 0 amide bonds. The van der Waals surface area contributed by atoms with Crippen molar-refractivity contribution in [3.05, 3.63) is 33.6 Å². The summed E-state index contributed by atoms with van der Waals surface area (Å²) < 4.78 is 6.85. The van der Waals surface area contributed by atoms with Gasteiger partial charge in [-0.25, -0.2) is 4.99 Å².